The first-order valence-corrected chi connectivity index (χ1v) is 11.2. The van der Waals surface area contributed by atoms with Crippen LogP contribution >= 0.6 is 0 Å². The Bertz CT molecular complexity index is 1230. The van der Waals surface area contributed by atoms with Crippen LogP contribution in [0.1, 0.15) is 12.0 Å². The SMILES string of the molecule is Cc1ccc(S(=O)(=O)N2c3ccccc3NC(=O)[C@@H]2CC(=O)Nc2ccccc2)cc1. The molecule has 0 aromatic heterocycles. The highest BCUT2D eigenvalue weighted by Gasteiger charge is 2.41. The molecule has 1 atom stereocenters. The van der Waals surface area contributed by atoms with E-state index in [9.17, 15) is 18.0 Å². The van der Waals surface area contributed by atoms with Crippen molar-refractivity contribution < 1.29 is 18.0 Å². The normalized spacial score (nSPS) is 15.7. The van der Waals surface area contributed by atoms with Crippen LogP contribution in [0.2, 0.25) is 0 Å². The Morgan fingerprint density at radius 2 is 1.61 bits per heavy atom. The zero-order chi connectivity index (χ0) is 22.0. The maximum atomic E-state index is 13.6. The van der Waals surface area contributed by atoms with Crippen LogP contribution in [0.4, 0.5) is 17.1 Å². The molecule has 2 N–H and O–H groups in total. The molecule has 0 saturated carbocycles. The van der Waals surface area contributed by atoms with Crippen LogP contribution in [0.3, 0.4) is 0 Å². The largest absolute Gasteiger partial charge is 0.326 e. The standard InChI is InChI=1S/C23H21N3O4S/c1-16-11-13-18(14-12-16)31(29,30)26-20-10-6-5-9-19(20)25-23(28)21(26)15-22(27)24-17-7-3-2-4-8-17/h2-14,21H,15H2,1H3,(H,24,27)(H,25,28)/t21-/m0/s1. The number of amides is 2. The summed E-state index contributed by atoms with van der Waals surface area (Å²) in [6.45, 7) is 1.86. The van der Waals surface area contributed by atoms with Gasteiger partial charge in [-0.05, 0) is 43.3 Å². The van der Waals surface area contributed by atoms with Crippen LogP contribution in [0, 0.1) is 6.92 Å². The fraction of sp³-hybridized carbons (Fsp3) is 0.130. The molecule has 3 aromatic carbocycles. The van der Waals surface area contributed by atoms with Gasteiger partial charge in [0.15, 0.2) is 0 Å². The van der Waals surface area contributed by atoms with Crippen LogP contribution in [0.25, 0.3) is 0 Å². The minimum atomic E-state index is -4.10. The average Bonchev–Trinajstić information content (AvgIpc) is 2.75. The number of rotatable bonds is 5. The maximum absolute atomic E-state index is 13.6. The monoisotopic (exact) mass is 435 g/mol. The van der Waals surface area contributed by atoms with Gasteiger partial charge in [0, 0.05) is 5.69 Å². The number of sulfonamides is 1. The molecule has 0 spiro atoms. The summed E-state index contributed by atoms with van der Waals surface area (Å²) in [6, 6.07) is 20.6. The van der Waals surface area contributed by atoms with E-state index in [4.69, 9.17) is 0 Å². The zero-order valence-corrected chi connectivity index (χ0v) is 17.6. The Morgan fingerprint density at radius 3 is 2.32 bits per heavy atom. The average molecular weight is 436 g/mol. The fourth-order valence-corrected chi connectivity index (χ4v) is 5.10. The van der Waals surface area contributed by atoms with Gasteiger partial charge in [-0.2, -0.15) is 0 Å². The van der Waals surface area contributed by atoms with E-state index in [0.29, 0.717) is 17.1 Å². The molecule has 2 amide bonds. The molecule has 4 rings (SSSR count). The molecule has 0 fully saturated rings. The van der Waals surface area contributed by atoms with Crippen molar-refractivity contribution in [3.05, 3.63) is 84.4 Å². The topological polar surface area (TPSA) is 95.6 Å². The third-order valence-electron chi connectivity index (χ3n) is 5.00. The number of hydrogen-bond donors (Lipinski definition) is 2. The molecule has 0 unspecified atom stereocenters. The molecule has 0 aliphatic carbocycles. The smallest absolute Gasteiger partial charge is 0.265 e. The van der Waals surface area contributed by atoms with E-state index in [1.165, 1.54) is 12.1 Å². The molecule has 31 heavy (non-hydrogen) atoms. The van der Waals surface area contributed by atoms with E-state index < -0.39 is 27.9 Å². The molecule has 3 aromatic rings. The lowest BCUT2D eigenvalue weighted by Gasteiger charge is -2.36. The molecule has 0 saturated heterocycles. The van der Waals surface area contributed by atoms with Crippen molar-refractivity contribution in [2.75, 3.05) is 14.9 Å². The van der Waals surface area contributed by atoms with Gasteiger partial charge in [-0.1, -0.05) is 48.0 Å². The predicted octanol–water partition coefficient (Wildman–Crippen LogP) is 3.54. The van der Waals surface area contributed by atoms with Crippen molar-refractivity contribution in [1.82, 2.24) is 0 Å². The van der Waals surface area contributed by atoms with E-state index >= 15 is 0 Å². The molecule has 1 heterocycles. The van der Waals surface area contributed by atoms with Crippen LogP contribution in [-0.2, 0) is 19.6 Å². The summed E-state index contributed by atoms with van der Waals surface area (Å²) in [5, 5.41) is 5.43. The molecule has 158 valence electrons. The lowest BCUT2D eigenvalue weighted by molar-refractivity contribution is -0.122. The first kappa shape index (κ1) is 20.6. The predicted molar refractivity (Wildman–Crippen MR) is 119 cm³/mol. The Hall–Kier alpha value is -3.65. The molecule has 7 nitrogen and oxygen atoms in total. The van der Waals surface area contributed by atoms with Crippen molar-refractivity contribution in [1.29, 1.82) is 0 Å². The molecule has 0 radical (unpaired) electrons. The van der Waals surface area contributed by atoms with Crippen molar-refractivity contribution in [2.45, 2.75) is 24.3 Å². The summed E-state index contributed by atoms with van der Waals surface area (Å²) in [7, 11) is -4.10. The number of carbonyl (C=O) groups is 2. The third kappa shape index (κ3) is 4.15. The Kier molecular flexibility index (Phi) is 5.48. The molecular weight excluding hydrogens is 414 g/mol. The van der Waals surface area contributed by atoms with Gasteiger partial charge in [0.25, 0.3) is 10.0 Å². The van der Waals surface area contributed by atoms with Gasteiger partial charge in [0.1, 0.15) is 6.04 Å². The summed E-state index contributed by atoms with van der Waals surface area (Å²) in [5.74, 6) is -1.02. The molecule has 1 aliphatic heterocycles. The summed E-state index contributed by atoms with van der Waals surface area (Å²) >= 11 is 0. The minimum Gasteiger partial charge on any atom is -0.326 e. The summed E-state index contributed by atoms with van der Waals surface area (Å²) in [6.07, 6.45) is -0.333. The van der Waals surface area contributed by atoms with E-state index in [0.717, 1.165) is 9.87 Å². The van der Waals surface area contributed by atoms with E-state index in [1.54, 1.807) is 60.7 Å². The number of aryl methyl sites for hydroxylation is 1. The quantitative estimate of drug-likeness (QED) is 0.641. The number of benzene rings is 3. The van der Waals surface area contributed by atoms with Crippen molar-refractivity contribution in [2.24, 2.45) is 0 Å². The Labute approximate surface area is 180 Å². The van der Waals surface area contributed by atoms with Gasteiger partial charge in [-0.25, -0.2) is 8.42 Å². The second-order valence-electron chi connectivity index (χ2n) is 7.25. The van der Waals surface area contributed by atoms with Crippen molar-refractivity contribution >= 4 is 38.9 Å². The zero-order valence-electron chi connectivity index (χ0n) is 16.8. The number of fused-ring (bicyclic) bond motifs is 1. The van der Waals surface area contributed by atoms with E-state index in [2.05, 4.69) is 10.6 Å². The number of nitrogens with one attached hydrogen (secondary N) is 2. The molecule has 8 heteroatoms. The second kappa shape index (κ2) is 8.23. The molecular formula is C23H21N3O4S. The van der Waals surface area contributed by atoms with Gasteiger partial charge < -0.3 is 10.6 Å². The van der Waals surface area contributed by atoms with Crippen LogP contribution in [0.5, 0.6) is 0 Å². The number of hydrogen-bond acceptors (Lipinski definition) is 4. The number of carbonyl (C=O) groups excluding carboxylic acids is 2. The van der Waals surface area contributed by atoms with Crippen LogP contribution < -0.4 is 14.9 Å². The first-order chi connectivity index (χ1) is 14.9. The number of nitrogens with zero attached hydrogens (tertiary/aromatic N) is 1. The van der Waals surface area contributed by atoms with Gasteiger partial charge in [-0.3, -0.25) is 13.9 Å². The van der Waals surface area contributed by atoms with Crippen LogP contribution in [-0.4, -0.2) is 26.3 Å². The fourth-order valence-electron chi connectivity index (χ4n) is 3.47. The minimum absolute atomic E-state index is 0.0519. The molecule has 0 bridgehead atoms. The van der Waals surface area contributed by atoms with E-state index in [1.807, 2.05) is 13.0 Å². The summed E-state index contributed by atoms with van der Waals surface area (Å²) in [4.78, 5) is 25.6. The van der Waals surface area contributed by atoms with Gasteiger partial charge >= 0.3 is 0 Å². The van der Waals surface area contributed by atoms with E-state index in [-0.39, 0.29) is 11.3 Å². The molecule has 1 aliphatic rings. The highest BCUT2D eigenvalue weighted by molar-refractivity contribution is 7.93. The van der Waals surface area contributed by atoms with Gasteiger partial charge in [0.2, 0.25) is 11.8 Å². The lowest BCUT2D eigenvalue weighted by atomic mass is 10.1. The second-order valence-corrected chi connectivity index (χ2v) is 9.07. The number of para-hydroxylation sites is 3. The first-order valence-electron chi connectivity index (χ1n) is 9.72. The van der Waals surface area contributed by atoms with Crippen LogP contribution in [0.15, 0.2) is 83.8 Å². The Balaban J connectivity index is 1.73. The lowest BCUT2D eigenvalue weighted by Crippen LogP contribution is -2.52. The van der Waals surface area contributed by atoms with Crippen molar-refractivity contribution in [3.63, 3.8) is 0 Å². The highest BCUT2D eigenvalue weighted by Crippen LogP contribution is 2.37. The number of anilines is 3. The Morgan fingerprint density at radius 1 is 0.968 bits per heavy atom. The summed E-state index contributed by atoms with van der Waals surface area (Å²) < 4.78 is 28.2. The highest BCUT2D eigenvalue weighted by atomic mass is 32.2. The maximum Gasteiger partial charge on any atom is 0.265 e. The van der Waals surface area contributed by atoms with Gasteiger partial charge in [0.05, 0.1) is 22.7 Å². The van der Waals surface area contributed by atoms with Crippen molar-refractivity contribution in [3.8, 4) is 0 Å². The third-order valence-corrected chi connectivity index (χ3v) is 6.84. The van der Waals surface area contributed by atoms with Gasteiger partial charge in [-0.15, -0.1) is 0 Å². The summed E-state index contributed by atoms with van der Waals surface area (Å²) in [5.41, 5.74) is 2.18.